The van der Waals surface area contributed by atoms with Crippen LogP contribution in [0.25, 0.3) is 0 Å². The van der Waals surface area contributed by atoms with Gasteiger partial charge in [-0.05, 0) is 24.3 Å². The zero-order chi connectivity index (χ0) is 9.19. The third-order valence-corrected chi connectivity index (χ3v) is 2.60. The minimum atomic E-state index is -3.82. The summed E-state index contributed by atoms with van der Waals surface area (Å²) in [6, 6.07) is 5.78. The third kappa shape index (κ3) is 1.84. The molecule has 1 rings (SSSR count). The molecule has 0 spiro atoms. The summed E-state index contributed by atoms with van der Waals surface area (Å²) < 4.78 is 15.0. The summed E-state index contributed by atoms with van der Waals surface area (Å²) in [5.74, 6) is 4.63. The van der Waals surface area contributed by atoms with Crippen LogP contribution in [0.2, 0.25) is 0 Å². The standard InChI is InChI=1S/C6H9N2O3P/c7-5-1-3-6(4-2-5)12(9,10)11-8/h1-4H,7-8H2,(H,9,10). The van der Waals surface area contributed by atoms with E-state index < -0.39 is 7.60 Å². The quantitative estimate of drug-likeness (QED) is 0.344. The maximum atomic E-state index is 11.1. The summed E-state index contributed by atoms with van der Waals surface area (Å²) >= 11 is 0. The smallest absolute Gasteiger partial charge is 0.374 e. The molecule has 1 aromatic rings. The fraction of sp³-hybridized carbons (Fsp3) is 0. The number of hydrogen-bond acceptors (Lipinski definition) is 4. The first kappa shape index (κ1) is 9.22. The molecule has 5 N–H and O–H groups in total. The summed E-state index contributed by atoms with van der Waals surface area (Å²) in [5, 5.41) is 0.124. The fourth-order valence-electron chi connectivity index (χ4n) is 0.724. The van der Waals surface area contributed by atoms with Crippen LogP contribution in [0.5, 0.6) is 0 Å². The van der Waals surface area contributed by atoms with Gasteiger partial charge >= 0.3 is 7.60 Å². The molecule has 66 valence electrons. The predicted octanol–water partition coefficient (Wildman–Crippen LogP) is -0.0302. The van der Waals surface area contributed by atoms with E-state index in [0.29, 0.717) is 5.69 Å². The number of anilines is 1. The van der Waals surface area contributed by atoms with Crippen molar-refractivity contribution in [2.75, 3.05) is 5.73 Å². The van der Waals surface area contributed by atoms with Crippen LogP contribution < -0.4 is 16.9 Å². The lowest BCUT2D eigenvalue weighted by Gasteiger charge is -2.07. The Hall–Kier alpha value is -0.870. The fourth-order valence-corrected chi connectivity index (χ4v) is 1.37. The molecule has 0 amide bonds. The van der Waals surface area contributed by atoms with Gasteiger partial charge in [-0.25, -0.2) is 10.5 Å². The van der Waals surface area contributed by atoms with Crippen molar-refractivity contribution in [3.05, 3.63) is 24.3 Å². The molecule has 1 aromatic carbocycles. The Morgan fingerprint density at radius 1 is 1.33 bits per heavy atom. The Morgan fingerprint density at radius 2 is 1.83 bits per heavy atom. The minimum absolute atomic E-state index is 0.124. The van der Waals surface area contributed by atoms with Crippen molar-refractivity contribution >= 4 is 18.6 Å². The van der Waals surface area contributed by atoms with Gasteiger partial charge in [0.1, 0.15) is 0 Å². The summed E-state index contributed by atoms with van der Waals surface area (Å²) in [5.41, 5.74) is 5.88. The van der Waals surface area contributed by atoms with Gasteiger partial charge in [0.15, 0.2) is 0 Å². The lowest BCUT2D eigenvalue weighted by Crippen LogP contribution is -2.09. The molecule has 0 aliphatic carbocycles. The summed E-state index contributed by atoms with van der Waals surface area (Å²) in [7, 11) is -3.82. The van der Waals surface area contributed by atoms with E-state index in [1.807, 2.05) is 0 Å². The second-order valence-electron chi connectivity index (χ2n) is 2.22. The number of nitrogens with two attached hydrogens (primary N) is 2. The summed E-state index contributed by atoms with van der Waals surface area (Å²) in [4.78, 5) is 9.05. The van der Waals surface area contributed by atoms with E-state index in [-0.39, 0.29) is 5.30 Å². The molecule has 0 heterocycles. The number of nitrogen functional groups attached to an aromatic ring is 1. The van der Waals surface area contributed by atoms with Crippen LogP contribution in [0.1, 0.15) is 0 Å². The molecule has 0 radical (unpaired) electrons. The van der Waals surface area contributed by atoms with E-state index in [1.54, 1.807) is 0 Å². The molecule has 1 atom stereocenters. The molecule has 12 heavy (non-hydrogen) atoms. The molecule has 5 nitrogen and oxygen atoms in total. The Morgan fingerprint density at radius 3 is 2.25 bits per heavy atom. The molecule has 0 aliphatic rings. The Balaban J connectivity index is 3.05. The normalized spacial score (nSPS) is 15.5. The Kier molecular flexibility index (Phi) is 2.49. The van der Waals surface area contributed by atoms with Gasteiger partial charge in [-0.1, -0.05) is 0 Å². The average Bonchev–Trinajstić information content (AvgIpc) is 2.05. The zero-order valence-corrected chi connectivity index (χ0v) is 7.07. The third-order valence-electron chi connectivity index (χ3n) is 1.36. The first-order valence-electron chi connectivity index (χ1n) is 3.13. The number of hydrogen-bond donors (Lipinski definition) is 3. The minimum Gasteiger partial charge on any atom is -0.399 e. The van der Waals surface area contributed by atoms with Crippen LogP contribution in [0, 0.1) is 0 Å². The summed E-state index contributed by atoms with van der Waals surface area (Å²) in [6.45, 7) is 0. The summed E-state index contributed by atoms with van der Waals surface area (Å²) in [6.07, 6.45) is 0. The van der Waals surface area contributed by atoms with Crippen LogP contribution in [0.15, 0.2) is 24.3 Å². The molecule has 6 heteroatoms. The van der Waals surface area contributed by atoms with Crippen LogP contribution in [-0.2, 0) is 9.19 Å². The molecule has 0 saturated carbocycles. The first-order chi connectivity index (χ1) is 5.56. The molecule has 0 aromatic heterocycles. The van der Waals surface area contributed by atoms with Crippen molar-refractivity contribution in [1.82, 2.24) is 0 Å². The average molecular weight is 188 g/mol. The van der Waals surface area contributed by atoms with Gasteiger partial charge in [0.25, 0.3) is 0 Å². The highest BCUT2D eigenvalue weighted by Gasteiger charge is 2.20. The van der Waals surface area contributed by atoms with Crippen LogP contribution in [0.3, 0.4) is 0 Å². The maximum absolute atomic E-state index is 11.1. The molecule has 1 unspecified atom stereocenters. The second kappa shape index (κ2) is 3.25. The van der Waals surface area contributed by atoms with Crippen molar-refractivity contribution in [3.63, 3.8) is 0 Å². The van der Waals surface area contributed by atoms with Crippen LogP contribution in [-0.4, -0.2) is 4.89 Å². The molecular formula is C6H9N2O3P. The van der Waals surface area contributed by atoms with E-state index in [4.69, 9.17) is 10.6 Å². The maximum Gasteiger partial charge on any atom is 0.374 e. The van der Waals surface area contributed by atoms with E-state index in [9.17, 15) is 4.57 Å². The lowest BCUT2D eigenvalue weighted by atomic mass is 10.3. The molecule has 0 fully saturated rings. The highest BCUT2D eigenvalue weighted by Crippen LogP contribution is 2.37. The van der Waals surface area contributed by atoms with E-state index in [1.165, 1.54) is 24.3 Å². The van der Waals surface area contributed by atoms with Crippen molar-refractivity contribution < 1.29 is 14.1 Å². The SMILES string of the molecule is NOP(=O)(O)c1ccc(N)cc1. The van der Waals surface area contributed by atoms with Gasteiger partial charge in [0.05, 0.1) is 5.30 Å². The van der Waals surface area contributed by atoms with Crippen molar-refractivity contribution in [2.24, 2.45) is 5.90 Å². The topological polar surface area (TPSA) is 98.6 Å². The first-order valence-corrected chi connectivity index (χ1v) is 4.71. The zero-order valence-electron chi connectivity index (χ0n) is 6.18. The Labute approximate surface area is 69.4 Å². The van der Waals surface area contributed by atoms with Gasteiger partial charge in [-0.3, -0.25) is 4.57 Å². The van der Waals surface area contributed by atoms with Crippen LogP contribution in [0.4, 0.5) is 5.69 Å². The predicted molar refractivity (Wildman–Crippen MR) is 45.6 cm³/mol. The van der Waals surface area contributed by atoms with Gasteiger partial charge in [-0.2, -0.15) is 0 Å². The van der Waals surface area contributed by atoms with E-state index in [2.05, 4.69) is 10.5 Å². The highest BCUT2D eigenvalue weighted by molar-refractivity contribution is 7.61. The van der Waals surface area contributed by atoms with Crippen molar-refractivity contribution in [3.8, 4) is 0 Å². The number of rotatable bonds is 2. The number of benzene rings is 1. The van der Waals surface area contributed by atoms with Crippen LogP contribution >= 0.6 is 7.60 Å². The van der Waals surface area contributed by atoms with E-state index >= 15 is 0 Å². The van der Waals surface area contributed by atoms with Crippen molar-refractivity contribution in [1.29, 1.82) is 0 Å². The van der Waals surface area contributed by atoms with Crippen molar-refractivity contribution in [2.45, 2.75) is 0 Å². The molecular weight excluding hydrogens is 179 g/mol. The van der Waals surface area contributed by atoms with Gasteiger partial charge in [-0.15, -0.1) is 0 Å². The molecule has 0 bridgehead atoms. The highest BCUT2D eigenvalue weighted by atomic mass is 31.2. The van der Waals surface area contributed by atoms with E-state index in [0.717, 1.165) is 0 Å². The Bertz CT molecular complexity index is 311. The molecule has 0 aliphatic heterocycles. The lowest BCUT2D eigenvalue weighted by molar-refractivity contribution is 0.278. The van der Waals surface area contributed by atoms with Gasteiger partial charge in [0.2, 0.25) is 0 Å². The second-order valence-corrected chi connectivity index (χ2v) is 3.99. The monoisotopic (exact) mass is 188 g/mol. The molecule has 0 saturated heterocycles. The van der Waals surface area contributed by atoms with Gasteiger partial charge in [0, 0.05) is 5.69 Å². The van der Waals surface area contributed by atoms with Gasteiger partial charge < -0.3 is 10.6 Å². The largest absolute Gasteiger partial charge is 0.399 e.